The summed E-state index contributed by atoms with van der Waals surface area (Å²) >= 11 is 0. The Labute approximate surface area is 157 Å². The Morgan fingerprint density at radius 1 is 1.11 bits per heavy atom. The summed E-state index contributed by atoms with van der Waals surface area (Å²) in [6, 6.07) is 17.0. The lowest BCUT2D eigenvalue weighted by atomic mass is 10.0. The summed E-state index contributed by atoms with van der Waals surface area (Å²) in [4.78, 5) is 4.13. The molecule has 1 aliphatic rings. The van der Waals surface area contributed by atoms with Crippen LogP contribution in [0.2, 0.25) is 0 Å². The third kappa shape index (κ3) is 3.03. The van der Waals surface area contributed by atoms with Crippen molar-refractivity contribution < 1.29 is 12.8 Å². The molecule has 2 heterocycles. The first-order valence-electron chi connectivity index (χ1n) is 8.54. The standard InChI is InChI=1S/C20H17N3O3S/c1-14-6-2-5-9-17(14)19-22-18(12-21)20(26-19)27(24,25)23-11-10-15-7-3-4-8-16(15)13-23/h2-9H,10-11,13H2,1H3. The van der Waals surface area contributed by atoms with E-state index in [1.807, 2.05) is 55.5 Å². The molecule has 0 atom stereocenters. The molecule has 4 rings (SSSR count). The van der Waals surface area contributed by atoms with Crippen molar-refractivity contribution in [1.29, 1.82) is 5.26 Å². The van der Waals surface area contributed by atoms with Gasteiger partial charge in [-0.1, -0.05) is 42.5 Å². The number of benzene rings is 2. The van der Waals surface area contributed by atoms with Crippen LogP contribution in [0.15, 0.2) is 58.0 Å². The molecule has 1 aromatic heterocycles. The van der Waals surface area contributed by atoms with Crippen LogP contribution in [0.5, 0.6) is 0 Å². The van der Waals surface area contributed by atoms with E-state index in [0.29, 0.717) is 18.5 Å². The second kappa shape index (κ2) is 6.65. The van der Waals surface area contributed by atoms with Gasteiger partial charge < -0.3 is 4.42 Å². The van der Waals surface area contributed by atoms with Crippen LogP contribution in [0.3, 0.4) is 0 Å². The Morgan fingerprint density at radius 3 is 2.56 bits per heavy atom. The van der Waals surface area contributed by atoms with Crippen LogP contribution in [0.25, 0.3) is 11.5 Å². The first-order valence-corrected chi connectivity index (χ1v) is 9.98. The largest absolute Gasteiger partial charge is 0.422 e. The first-order chi connectivity index (χ1) is 13.0. The third-order valence-electron chi connectivity index (χ3n) is 4.75. The SMILES string of the molecule is Cc1ccccc1-c1nc(C#N)c(S(=O)(=O)N2CCc3ccccc3C2)o1. The molecule has 0 spiro atoms. The number of nitriles is 1. The number of oxazole rings is 1. The molecule has 0 amide bonds. The molecule has 0 aliphatic carbocycles. The van der Waals surface area contributed by atoms with Crippen LogP contribution in [0.1, 0.15) is 22.4 Å². The zero-order valence-corrected chi connectivity index (χ0v) is 15.5. The topological polar surface area (TPSA) is 87.2 Å². The summed E-state index contributed by atoms with van der Waals surface area (Å²) in [5.41, 5.74) is 3.44. The normalized spacial score (nSPS) is 14.5. The summed E-state index contributed by atoms with van der Waals surface area (Å²) in [5.74, 6) is 0.139. The number of aromatic nitrogens is 1. The monoisotopic (exact) mass is 379 g/mol. The second-order valence-electron chi connectivity index (χ2n) is 6.44. The Kier molecular flexibility index (Phi) is 4.30. The van der Waals surface area contributed by atoms with Crippen LogP contribution in [0.4, 0.5) is 0 Å². The maximum absolute atomic E-state index is 13.1. The van der Waals surface area contributed by atoms with Crippen molar-refractivity contribution in [2.45, 2.75) is 25.0 Å². The smallest absolute Gasteiger partial charge is 0.279 e. The molecule has 0 unspecified atom stereocenters. The lowest BCUT2D eigenvalue weighted by Gasteiger charge is -2.27. The van der Waals surface area contributed by atoms with Gasteiger partial charge in [0.1, 0.15) is 6.07 Å². The van der Waals surface area contributed by atoms with Gasteiger partial charge in [0.2, 0.25) is 5.89 Å². The fourth-order valence-electron chi connectivity index (χ4n) is 3.27. The number of rotatable bonds is 3. The van der Waals surface area contributed by atoms with Gasteiger partial charge in [-0.05, 0) is 36.1 Å². The van der Waals surface area contributed by atoms with E-state index in [9.17, 15) is 13.7 Å². The van der Waals surface area contributed by atoms with Crippen molar-refractivity contribution in [2.24, 2.45) is 0 Å². The molecule has 1 aliphatic heterocycles. The quantitative estimate of drug-likeness (QED) is 0.697. The molecule has 0 N–H and O–H groups in total. The molecular formula is C20H17N3O3S. The van der Waals surface area contributed by atoms with E-state index in [1.165, 1.54) is 4.31 Å². The Bertz CT molecular complexity index is 1160. The molecule has 0 bridgehead atoms. The lowest BCUT2D eigenvalue weighted by Crippen LogP contribution is -2.36. The zero-order valence-electron chi connectivity index (χ0n) is 14.7. The summed E-state index contributed by atoms with van der Waals surface area (Å²) in [7, 11) is -3.97. The molecule has 0 saturated heterocycles. The second-order valence-corrected chi connectivity index (χ2v) is 8.28. The average molecular weight is 379 g/mol. The van der Waals surface area contributed by atoms with E-state index in [4.69, 9.17) is 4.42 Å². The maximum atomic E-state index is 13.1. The zero-order chi connectivity index (χ0) is 19.0. The highest BCUT2D eigenvalue weighted by Gasteiger charge is 2.35. The van der Waals surface area contributed by atoms with Gasteiger partial charge in [-0.3, -0.25) is 0 Å². The Hall–Kier alpha value is -2.95. The van der Waals surface area contributed by atoms with E-state index in [2.05, 4.69) is 4.98 Å². The van der Waals surface area contributed by atoms with Crippen molar-refractivity contribution in [2.75, 3.05) is 6.54 Å². The molecule has 27 heavy (non-hydrogen) atoms. The summed E-state index contributed by atoms with van der Waals surface area (Å²) in [6.07, 6.45) is 0.621. The highest BCUT2D eigenvalue weighted by molar-refractivity contribution is 7.89. The highest BCUT2D eigenvalue weighted by atomic mass is 32.2. The summed E-state index contributed by atoms with van der Waals surface area (Å²) in [5, 5.41) is 9.03. The number of hydrogen-bond acceptors (Lipinski definition) is 5. The van der Waals surface area contributed by atoms with Gasteiger partial charge in [0, 0.05) is 18.7 Å². The average Bonchev–Trinajstić information content (AvgIpc) is 3.13. The van der Waals surface area contributed by atoms with Gasteiger partial charge in [-0.15, -0.1) is 0 Å². The summed E-state index contributed by atoms with van der Waals surface area (Å²) < 4.78 is 33.3. The van der Waals surface area contributed by atoms with Gasteiger partial charge in [0.15, 0.2) is 5.69 Å². The van der Waals surface area contributed by atoms with E-state index in [1.54, 1.807) is 6.07 Å². The third-order valence-corrected chi connectivity index (χ3v) is 6.48. The van der Waals surface area contributed by atoms with Gasteiger partial charge >= 0.3 is 0 Å². The minimum atomic E-state index is -3.97. The van der Waals surface area contributed by atoms with Gasteiger partial charge in [-0.2, -0.15) is 14.6 Å². The fourth-order valence-corrected chi connectivity index (χ4v) is 4.67. The van der Waals surface area contributed by atoms with Crippen molar-refractivity contribution in [3.63, 3.8) is 0 Å². The molecule has 3 aromatic rings. The highest BCUT2D eigenvalue weighted by Crippen LogP contribution is 2.31. The number of fused-ring (bicyclic) bond motifs is 1. The predicted molar refractivity (Wildman–Crippen MR) is 99.1 cm³/mol. The van der Waals surface area contributed by atoms with Crippen LogP contribution < -0.4 is 0 Å². The predicted octanol–water partition coefficient (Wildman–Crippen LogP) is 3.27. The number of nitrogens with zero attached hydrogens (tertiary/aromatic N) is 3. The van der Waals surface area contributed by atoms with E-state index < -0.39 is 10.0 Å². The number of hydrogen-bond donors (Lipinski definition) is 0. The van der Waals surface area contributed by atoms with Gasteiger partial charge in [-0.25, -0.2) is 8.42 Å². The molecule has 2 aromatic carbocycles. The van der Waals surface area contributed by atoms with E-state index in [-0.39, 0.29) is 23.2 Å². The molecular weight excluding hydrogens is 362 g/mol. The lowest BCUT2D eigenvalue weighted by molar-refractivity contribution is 0.366. The minimum absolute atomic E-state index is 0.139. The van der Waals surface area contributed by atoms with Crippen LogP contribution >= 0.6 is 0 Å². The number of sulfonamides is 1. The van der Waals surface area contributed by atoms with Crippen molar-refractivity contribution >= 4 is 10.0 Å². The van der Waals surface area contributed by atoms with Crippen LogP contribution in [-0.4, -0.2) is 24.3 Å². The minimum Gasteiger partial charge on any atom is -0.422 e. The Balaban J connectivity index is 1.75. The molecule has 136 valence electrons. The molecule has 0 saturated carbocycles. The maximum Gasteiger partial charge on any atom is 0.279 e. The van der Waals surface area contributed by atoms with E-state index >= 15 is 0 Å². The van der Waals surface area contributed by atoms with E-state index in [0.717, 1.165) is 16.7 Å². The molecule has 0 fully saturated rings. The summed E-state index contributed by atoms with van der Waals surface area (Å²) in [6.45, 7) is 2.47. The molecule has 7 heteroatoms. The van der Waals surface area contributed by atoms with Gasteiger partial charge in [0.25, 0.3) is 15.1 Å². The fraction of sp³-hybridized carbons (Fsp3) is 0.200. The van der Waals surface area contributed by atoms with Crippen molar-refractivity contribution in [1.82, 2.24) is 9.29 Å². The number of aryl methyl sites for hydroxylation is 1. The van der Waals surface area contributed by atoms with Crippen LogP contribution in [0, 0.1) is 18.3 Å². The Morgan fingerprint density at radius 2 is 1.81 bits per heavy atom. The molecule has 6 nitrogen and oxygen atoms in total. The van der Waals surface area contributed by atoms with Crippen molar-refractivity contribution in [3.05, 3.63) is 70.9 Å². The van der Waals surface area contributed by atoms with Crippen molar-refractivity contribution in [3.8, 4) is 17.5 Å². The van der Waals surface area contributed by atoms with Gasteiger partial charge in [0.05, 0.1) is 0 Å². The first kappa shape index (κ1) is 17.5. The van der Waals surface area contributed by atoms with Crippen LogP contribution in [-0.2, 0) is 23.0 Å². The molecule has 0 radical (unpaired) electrons.